The summed E-state index contributed by atoms with van der Waals surface area (Å²) in [6, 6.07) is 8.22. The summed E-state index contributed by atoms with van der Waals surface area (Å²) in [4.78, 5) is 23.5. The number of likely N-dealkylation sites (N-methyl/N-ethyl adjacent to an activating group) is 1. The van der Waals surface area contributed by atoms with Crippen molar-refractivity contribution in [3.05, 3.63) is 29.8 Å². The quantitative estimate of drug-likeness (QED) is 0.501. The van der Waals surface area contributed by atoms with Crippen LogP contribution in [0.25, 0.3) is 0 Å². The molecule has 0 spiro atoms. The average Bonchev–Trinajstić information content (AvgIpc) is 3.18. The third-order valence-corrected chi connectivity index (χ3v) is 5.87. The van der Waals surface area contributed by atoms with Crippen LogP contribution in [0.15, 0.2) is 29.3 Å². The van der Waals surface area contributed by atoms with Gasteiger partial charge in [-0.05, 0) is 44.0 Å². The van der Waals surface area contributed by atoms with Crippen LogP contribution in [-0.2, 0) is 11.3 Å². The fraction of sp³-hybridized carbons (Fsp3) is 0.652. The standard InChI is InChI=1S/C23H38N6O/c1-4-24-23(25-16-19(2)18-28-14-12-27(3)13-15-28)26-17-20-7-9-21(10-8-20)29-11-5-6-22(29)30/h7-10,19H,4-6,11-18H2,1-3H3,(H2,24,25,26). The van der Waals surface area contributed by atoms with Gasteiger partial charge in [-0.2, -0.15) is 0 Å². The molecule has 0 aromatic heterocycles. The Morgan fingerprint density at radius 2 is 1.83 bits per heavy atom. The van der Waals surface area contributed by atoms with E-state index in [1.807, 2.05) is 17.0 Å². The van der Waals surface area contributed by atoms with E-state index in [4.69, 9.17) is 4.99 Å². The van der Waals surface area contributed by atoms with Crippen LogP contribution >= 0.6 is 0 Å². The number of piperazine rings is 1. The normalized spacial score (nSPS) is 19.9. The van der Waals surface area contributed by atoms with Crippen LogP contribution in [0.1, 0.15) is 32.3 Å². The van der Waals surface area contributed by atoms with Crippen molar-refractivity contribution in [3.8, 4) is 0 Å². The monoisotopic (exact) mass is 414 g/mol. The molecular weight excluding hydrogens is 376 g/mol. The number of amides is 1. The molecule has 1 aromatic rings. The molecule has 2 aliphatic rings. The molecule has 7 nitrogen and oxygen atoms in total. The van der Waals surface area contributed by atoms with Gasteiger partial charge in [-0.15, -0.1) is 0 Å². The van der Waals surface area contributed by atoms with Gasteiger partial charge in [-0.25, -0.2) is 4.99 Å². The Morgan fingerprint density at radius 1 is 1.10 bits per heavy atom. The second-order valence-corrected chi connectivity index (χ2v) is 8.60. The first-order valence-corrected chi connectivity index (χ1v) is 11.4. The lowest BCUT2D eigenvalue weighted by atomic mass is 10.1. The first-order valence-electron chi connectivity index (χ1n) is 11.4. The molecule has 1 aromatic carbocycles. The lowest BCUT2D eigenvalue weighted by molar-refractivity contribution is -0.117. The highest BCUT2D eigenvalue weighted by Gasteiger charge is 2.21. The predicted molar refractivity (Wildman–Crippen MR) is 124 cm³/mol. The number of carbonyl (C=O) groups is 1. The van der Waals surface area contributed by atoms with Crippen molar-refractivity contribution in [1.82, 2.24) is 20.4 Å². The highest BCUT2D eigenvalue weighted by atomic mass is 16.2. The smallest absolute Gasteiger partial charge is 0.227 e. The first-order chi connectivity index (χ1) is 14.5. The Bertz CT molecular complexity index is 696. The molecule has 2 fully saturated rings. The number of rotatable bonds is 8. The number of nitrogens with zero attached hydrogens (tertiary/aromatic N) is 4. The van der Waals surface area contributed by atoms with Crippen LogP contribution in [0.4, 0.5) is 5.69 Å². The van der Waals surface area contributed by atoms with E-state index in [2.05, 4.69) is 53.5 Å². The highest BCUT2D eigenvalue weighted by Crippen LogP contribution is 2.21. The number of aliphatic imine (C=N–C) groups is 1. The third-order valence-electron chi connectivity index (χ3n) is 5.87. The van der Waals surface area contributed by atoms with Gasteiger partial charge < -0.3 is 25.3 Å². The number of guanidine groups is 1. The number of nitrogens with one attached hydrogen (secondary N) is 2. The Morgan fingerprint density at radius 3 is 2.47 bits per heavy atom. The van der Waals surface area contributed by atoms with E-state index in [9.17, 15) is 4.79 Å². The minimum atomic E-state index is 0.227. The van der Waals surface area contributed by atoms with E-state index in [1.165, 1.54) is 0 Å². The van der Waals surface area contributed by atoms with E-state index in [0.29, 0.717) is 18.9 Å². The average molecular weight is 415 g/mol. The summed E-state index contributed by atoms with van der Waals surface area (Å²) in [6.07, 6.45) is 1.62. The number of anilines is 1. The van der Waals surface area contributed by atoms with Crippen molar-refractivity contribution >= 4 is 17.6 Å². The van der Waals surface area contributed by atoms with Crippen molar-refractivity contribution < 1.29 is 4.79 Å². The Labute approximate surface area is 181 Å². The SMILES string of the molecule is CCNC(=NCc1ccc(N2CCCC2=O)cc1)NCC(C)CN1CCN(C)CC1. The van der Waals surface area contributed by atoms with E-state index in [0.717, 1.165) is 76.0 Å². The molecule has 1 unspecified atom stereocenters. The lowest BCUT2D eigenvalue weighted by Gasteiger charge is -2.34. The van der Waals surface area contributed by atoms with Crippen LogP contribution < -0.4 is 15.5 Å². The van der Waals surface area contributed by atoms with E-state index in [-0.39, 0.29) is 5.91 Å². The number of carbonyl (C=O) groups excluding carboxylic acids is 1. The summed E-state index contributed by atoms with van der Waals surface area (Å²) >= 11 is 0. The van der Waals surface area contributed by atoms with Crippen LogP contribution in [-0.4, -0.2) is 81.1 Å². The molecule has 0 bridgehead atoms. The molecule has 2 saturated heterocycles. The summed E-state index contributed by atoms with van der Waals surface area (Å²) in [7, 11) is 2.20. The lowest BCUT2D eigenvalue weighted by Crippen LogP contribution is -2.47. The molecule has 2 N–H and O–H groups in total. The van der Waals surface area contributed by atoms with Gasteiger partial charge in [0.05, 0.1) is 6.54 Å². The van der Waals surface area contributed by atoms with E-state index < -0.39 is 0 Å². The van der Waals surface area contributed by atoms with Crippen molar-refractivity contribution in [1.29, 1.82) is 0 Å². The van der Waals surface area contributed by atoms with Gasteiger partial charge in [0.15, 0.2) is 5.96 Å². The zero-order valence-electron chi connectivity index (χ0n) is 18.9. The first kappa shape index (κ1) is 22.6. The van der Waals surface area contributed by atoms with E-state index in [1.54, 1.807) is 0 Å². The van der Waals surface area contributed by atoms with Crippen LogP contribution in [0, 0.1) is 5.92 Å². The topological polar surface area (TPSA) is 63.2 Å². The molecule has 2 heterocycles. The molecule has 1 amide bonds. The second-order valence-electron chi connectivity index (χ2n) is 8.60. The van der Waals surface area contributed by atoms with Crippen LogP contribution in [0.5, 0.6) is 0 Å². The summed E-state index contributed by atoms with van der Waals surface area (Å²) in [5.41, 5.74) is 2.14. The summed E-state index contributed by atoms with van der Waals surface area (Å²) < 4.78 is 0. The molecule has 166 valence electrons. The van der Waals surface area contributed by atoms with Crippen LogP contribution in [0.3, 0.4) is 0 Å². The minimum Gasteiger partial charge on any atom is -0.357 e. The van der Waals surface area contributed by atoms with Gasteiger partial charge in [-0.1, -0.05) is 19.1 Å². The summed E-state index contributed by atoms with van der Waals surface area (Å²) in [6.45, 7) is 13.4. The molecule has 3 rings (SSSR count). The van der Waals surface area contributed by atoms with Gasteiger partial charge in [0.2, 0.25) is 5.91 Å². The molecule has 1 atom stereocenters. The summed E-state index contributed by atoms with van der Waals surface area (Å²) in [5, 5.41) is 6.85. The maximum absolute atomic E-state index is 11.9. The minimum absolute atomic E-state index is 0.227. The molecule has 2 aliphatic heterocycles. The zero-order valence-corrected chi connectivity index (χ0v) is 18.9. The maximum Gasteiger partial charge on any atom is 0.227 e. The van der Waals surface area contributed by atoms with Gasteiger partial charge in [0.25, 0.3) is 0 Å². The van der Waals surface area contributed by atoms with Crippen molar-refractivity contribution in [2.45, 2.75) is 33.2 Å². The van der Waals surface area contributed by atoms with Crippen LogP contribution in [0.2, 0.25) is 0 Å². The molecule has 7 heteroatoms. The number of hydrogen-bond donors (Lipinski definition) is 2. The Balaban J connectivity index is 1.47. The van der Waals surface area contributed by atoms with Gasteiger partial charge in [0.1, 0.15) is 0 Å². The van der Waals surface area contributed by atoms with Gasteiger partial charge >= 0.3 is 0 Å². The number of hydrogen-bond acceptors (Lipinski definition) is 4. The predicted octanol–water partition coefficient (Wildman–Crippen LogP) is 1.75. The Kier molecular flexibility index (Phi) is 8.51. The molecule has 30 heavy (non-hydrogen) atoms. The van der Waals surface area contributed by atoms with Crippen molar-refractivity contribution in [2.24, 2.45) is 10.9 Å². The fourth-order valence-electron chi connectivity index (χ4n) is 4.02. The summed E-state index contributed by atoms with van der Waals surface area (Å²) in [5.74, 6) is 1.65. The highest BCUT2D eigenvalue weighted by molar-refractivity contribution is 5.95. The van der Waals surface area contributed by atoms with Gasteiger partial charge in [-0.3, -0.25) is 4.79 Å². The fourth-order valence-corrected chi connectivity index (χ4v) is 4.02. The van der Waals surface area contributed by atoms with E-state index >= 15 is 0 Å². The molecule has 0 radical (unpaired) electrons. The number of benzene rings is 1. The largest absolute Gasteiger partial charge is 0.357 e. The molecule has 0 aliphatic carbocycles. The molecular formula is C23H38N6O. The zero-order chi connectivity index (χ0) is 21.3. The third kappa shape index (κ3) is 6.71. The van der Waals surface area contributed by atoms with Crippen molar-refractivity contribution in [2.75, 3.05) is 64.3 Å². The maximum atomic E-state index is 11.9. The molecule has 0 saturated carbocycles. The second kappa shape index (κ2) is 11.3. The van der Waals surface area contributed by atoms with Gasteiger partial charge in [0, 0.05) is 64.5 Å². The van der Waals surface area contributed by atoms with Crippen molar-refractivity contribution in [3.63, 3.8) is 0 Å². The Hall–Kier alpha value is -2.12.